The van der Waals surface area contributed by atoms with Crippen molar-refractivity contribution in [2.45, 2.75) is 5.88 Å². The highest BCUT2D eigenvalue weighted by molar-refractivity contribution is 6.17. The van der Waals surface area contributed by atoms with Crippen molar-refractivity contribution in [3.63, 3.8) is 0 Å². The Hall–Kier alpha value is -1.36. The minimum Gasteiger partial charge on any atom is -0.463 e. The standard InChI is InChI=1S/C7H7ClN2O3/c1-13-7-3-5(4-8)2-6(9-7)10(11)12/h2-3H,4H2,1H3. The van der Waals surface area contributed by atoms with E-state index in [4.69, 9.17) is 16.3 Å². The number of alkyl halides is 1. The van der Waals surface area contributed by atoms with Crippen LogP contribution in [0.2, 0.25) is 0 Å². The van der Waals surface area contributed by atoms with Gasteiger partial charge in [0.05, 0.1) is 7.11 Å². The van der Waals surface area contributed by atoms with Crippen molar-refractivity contribution in [2.75, 3.05) is 7.11 Å². The molecule has 0 spiro atoms. The quantitative estimate of drug-likeness (QED) is 0.425. The van der Waals surface area contributed by atoms with Crippen LogP contribution in [-0.4, -0.2) is 17.0 Å². The normalized spacial score (nSPS) is 9.69. The number of nitrogens with zero attached hydrogens (tertiary/aromatic N) is 2. The van der Waals surface area contributed by atoms with Gasteiger partial charge in [-0.25, -0.2) is 0 Å². The summed E-state index contributed by atoms with van der Waals surface area (Å²) in [6, 6.07) is 2.87. The molecule has 0 atom stereocenters. The molecule has 1 aromatic heterocycles. The minimum absolute atomic E-state index is 0.194. The molecule has 0 bridgehead atoms. The molecule has 6 heteroatoms. The third-order valence-electron chi connectivity index (χ3n) is 1.40. The van der Waals surface area contributed by atoms with Gasteiger partial charge in [-0.1, -0.05) is 0 Å². The monoisotopic (exact) mass is 202 g/mol. The van der Waals surface area contributed by atoms with Crippen molar-refractivity contribution in [2.24, 2.45) is 0 Å². The molecule has 0 aliphatic carbocycles. The number of halogens is 1. The van der Waals surface area contributed by atoms with Crippen LogP contribution in [0.25, 0.3) is 0 Å². The van der Waals surface area contributed by atoms with Crippen LogP contribution in [0, 0.1) is 10.1 Å². The Morgan fingerprint density at radius 1 is 1.69 bits per heavy atom. The third kappa shape index (κ3) is 2.29. The number of ether oxygens (including phenoxy) is 1. The van der Waals surface area contributed by atoms with Gasteiger partial charge in [0, 0.05) is 23.0 Å². The maximum absolute atomic E-state index is 10.4. The van der Waals surface area contributed by atoms with Gasteiger partial charge in [0.1, 0.15) is 0 Å². The molecule has 0 saturated carbocycles. The molecule has 0 amide bonds. The van der Waals surface area contributed by atoms with E-state index in [0.717, 1.165) is 0 Å². The van der Waals surface area contributed by atoms with E-state index < -0.39 is 4.92 Å². The van der Waals surface area contributed by atoms with E-state index in [1.165, 1.54) is 13.2 Å². The smallest absolute Gasteiger partial charge is 0.368 e. The predicted octanol–water partition coefficient (Wildman–Crippen LogP) is 1.74. The summed E-state index contributed by atoms with van der Waals surface area (Å²) in [5, 5.41) is 10.4. The number of hydrogen-bond acceptors (Lipinski definition) is 4. The molecule has 1 aromatic rings. The Balaban J connectivity index is 3.14. The fourth-order valence-corrected chi connectivity index (χ4v) is 0.973. The van der Waals surface area contributed by atoms with Gasteiger partial charge in [-0.2, -0.15) is 0 Å². The molecule has 0 radical (unpaired) electrons. The van der Waals surface area contributed by atoms with Crippen LogP contribution in [0.4, 0.5) is 5.82 Å². The maximum atomic E-state index is 10.4. The van der Waals surface area contributed by atoms with E-state index >= 15 is 0 Å². The second kappa shape index (κ2) is 4.04. The van der Waals surface area contributed by atoms with Crippen LogP contribution in [0.15, 0.2) is 12.1 Å². The van der Waals surface area contributed by atoms with Crippen LogP contribution in [0.5, 0.6) is 5.88 Å². The largest absolute Gasteiger partial charge is 0.463 e. The second-order valence-electron chi connectivity index (χ2n) is 2.27. The zero-order chi connectivity index (χ0) is 9.84. The van der Waals surface area contributed by atoms with Crippen LogP contribution in [0.1, 0.15) is 5.56 Å². The highest BCUT2D eigenvalue weighted by Crippen LogP contribution is 2.18. The van der Waals surface area contributed by atoms with Gasteiger partial charge < -0.3 is 14.9 Å². The van der Waals surface area contributed by atoms with Gasteiger partial charge >= 0.3 is 11.7 Å². The van der Waals surface area contributed by atoms with E-state index in [2.05, 4.69) is 4.98 Å². The molecule has 0 aliphatic heterocycles. The number of methoxy groups -OCH3 is 1. The number of hydrogen-bond donors (Lipinski definition) is 0. The van der Waals surface area contributed by atoms with Gasteiger partial charge in [0.15, 0.2) is 0 Å². The van der Waals surface area contributed by atoms with Crippen molar-refractivity contribution < 1.29 is 9.66 Å². The van der Waals surface area contributed by atoms with Gasteiger partial charge in [-0.15, -0.1) is 11.6 Å². The van der Waals surface area contributed by atoms with Crippen molar-refractivity contribution in [1.82, 2.24) is 4.98 Å². The third-order valence-corrected chi connectivity index (χ3v) is 1.71. The lowest BCUT2D eigenvalue weighted by molar-refractivity contribution is -0.389. The zero-order valence-corrected chi connectivity index (χ0v) is 7.61. The van der Waals surface area contributed by atoms with Crippen LogP contribution in [-0.2, 0) is 5.88 Å². The van der Waals surface area contributed by atoms with Gasteiger partial charge in [-0.05, 0) is 10.5 Å². The molecule has 0 saturated heterocycles. The molecule has 0 aromatic carbocycles. The summed E-state index contributed by atoms with van der Waals surface area (Å²) in [4.78, 5) is 13.4. The van der Waals surface area contributed by atoms with E-state index in [-0.39, 0.29) is 17.6 Å². The van der Waals surface area contributed by atoms with E-state index in [9.17, 15) is 10.1 Å². The fraction of sp³-hybridized carbons (Fsp3) is 0.286. The highest BCUT2D eigenvalue weighted by atomic mass is 35.5. The van der Waals surface area contributed by atoms with Crippen molar-refractivity contribution >= 4 is 17.4 Å². The van der Waals surface area contributed by atoms with Gasteiger partial charge in [0.25, 0.3) is 0 Å². The molecular formula is C7H7ClN2O3. The number of aromatic nitrogens is 1. The summed E-state index contributed by atoms with van der Waals surface area (Å²) in [5.41, 5.74) is 0.611. The highest BCUT2D eigenvalue weighted by Gasteiger charge is 2.12. The summed E-state index contributed by atoms with van der Waals surface area (Å²) in [5.74, 6) is 0.138. The topological polar surface area (TPSA) is 65.3 Å². The Morgan fingerprint density at radius 2 is 2.38 bits per heavy atom. The predicted molar refractivity (Wildman–Crippen MR) is 47.0 cm³/mol. The van der Waals surface area contributed by atoms with Crippen LogP contribution in [0.3, 0.4) is 0 Å². The van der Waals surface area contributed by atoms with E-state index in [1.807, 2.05) is 0 Å². The molecule has 0 fully saturated rings. The number of nitro groups is 1. The Labute approximate surface area is 79.5 Å². The molecule has 70 valence electrons. The summed E-state index contributed by atoms with van der Waals surface area (Å²) in [6.45, 7) is 0. The molecule has 13 heavy (non-hydrogen) atoms. The number of rotatable bonds is 3. The molecule has 1 rings (SSSR count). The minimum atomic E-state index is -0.585. The first-order chi connectivity index (χ1) is 6.17. The summed E-state index contributed by atoms with van der Waals surface area (Å²) >= 11 is 5.53. The first-order valence-corrected chi connectivity index (χ1v) is 3.96. The average molecular weight is 203 g/mol. The van der Waals surface area contributed by atoms with Gasteiger partial charge in [-0.3, -0.25) is 0 Å². The van der Waals surface area contributed by atoms with Gasteiger partial charge in [0.2, 0.25) is 0 Å². The summed E-state index contributed by atoms with van der Waals surface area (Å²) < 4.78 is 4.77. The van der Waals surface area contributed by atoms with Crippen LogP contribution < -0.4 is 4.74 Å². The van der Waals surface area contributed by atoms with Crippen molar-refractivity contribution in [3.8, 4) is 5.88 Å². The molecular weight excluding hydrogens is 196 g/mol. The second-order valence-corrected chi connectivity index (χ2v) is 2.53. The lowest BCUT2D eigenvalue weighted by Gasteiger charge is -1.98. The van der Waals surface area contributed by atoms with Crippen molar-refractivity contribution in [1.29, 1.82) is 0 Å². The van der Waals surface area contributed by atoms with Crippen molar-refractivity contribution in [3.05, 3.63) is 27.8 Å². The fourth-order valence-electron chi connectivity index (χ4n) is 0.819. The molecule has 5 nitrogen and oxygen atoms in total. The Kier molecular flexibility index (Phi) is 3.02. The lowest BCUT2D eigenvalue weighted by atomic mass is 10.3. The molecule has 0 aliphatic rings. The first-order valence-electron chi connectivity index (χ1n) is 3.42. The lowest BCUT2D eigenvalue weighted by Crippen LogP contribution is -1.96. The molecule has 0 unspecified atom stereocenters. The van der Waals surface area contributed by atoms with E-state index in [1.54, 1.807) is 6.07 Å². The maximum Gasteiger partial charge on any atom is 0.368 e. The summed E-state index contributed by atoms with van der Waals surface area (Å²) in [7, 11) is 1.39. The molecule has 1 heterocycles. The average Bonchev–Trinajstić information content (AvgIpc) is 2.16. The van der Waals surface area contributed by atoms with Crippen LogP contribution >= 0.6 is 11.6 Å². The summed E-state index contributed by atoms with van der Waals surface area (Å²) in [6.07, 6.45) is 0. The number of pyridine rings is 1. The van der Waals surface area contributed by atoms with E-state index in [0.29, 0.717) is 5.56 Å². The Bertz CT molecular complexity index is 307. The molecule has 0 N–H and O–H groups in total. The Morgan fingerprint density at radius 3 is 2.85 bits per heavy atom. The zero-order valence-electron chi connectivity index (χ0n) is 6.86. The first kappa shape index (κ1) is 9.73. The SMILES string of the molecule is COc1cc(CCl)cc([N+](=O)[O-])n1.